The van der Waals surface area contributed by atoms with Gasteiger partial charge in [-0.15, -0.1) is 11.8 Å². The van der Waals surface area contributed by atoms with Crippen LogP contribution in [0.3, 0.4) is 0 Å². The molecule has 104 valence electrons. The molecule has 3 rings (SSSR count). The largest absolute Gasteiger partial charge is 0.254 e. The molecule has 2 heterocycles. The van der Waals surface area contributed by atoms with E-state index in [-0.39, 0.29) is 0 Å². The summed E-state index contributed by atoms with van der Waals surface area (Å²) in [5.74, 6) is 1.03. The number of thioether (sulfide) groups is 1. The molecule has 0 amide bonds. The lowest BCUT2D eigenvalue weighted by molar-refractivity contribution is 1.19. The normalized spacial score (nSPS) is 10.5. The molecule has 3 heteroatoms. The third-order valence-corrected chi connectivity index (χ3v) is 4.11. The van der Waals surface area contributed by atoms with Crippen molar-refractivity contribution >= 4 is 11.8 Å². The maximum atomic E-state index is 4.59. The van der Waals surface area contributed by atoms with Crippen LogP contribution in [0.1, 0.15) is 6.92 Å². The minimum Gasteiger partial charge on any atom is -0.254 e. The topological polar surface area (TPSA) is 25.8 Å². The second-order valence-corrected chi connectivity index (χ2v) is 5.89. The molecule has 0 fully saturated rings. The zero-order valence-corrected chi connectivity index (χ0v) is 12.7. The third-order valence-electron chi connectivity index (χ3n) is 3.18. The number of rotatable bonds is 4. The Balaban J connectivity index is 1.95. The number of nitrogens with zero attached hydrogens (tertiary/aromatic N) is 2. The van der Waals surface area contributed by atoms with Gasteiger partial charge in [0.15, 0.2) is 0 Å². The van der Waals surface area contributed by atoms with Crippen molar-refractivity contribution in [2.75, 3.05) is 5.75 Å². The molecule has 0 bridgehead atoms. The lowest BCUT2D eigenvalue weighted by Gasteiger charge is -2.07. The number of aromatic nitrogens is 2. The Morgan fingerprint density at radius 3 is 2.43 bits per heavy atom. The lowest BCUT2D eigenvalue weighted by atomic mass is 10.1. The fourth-order valence-electron chi connectivity index (χ4n) is 2.19. The minimum absolute atomic E-state index is 0.922. The summed E-state index contributed by atoms with van der Waals surface area (Å²) < 4.78 is 0. The number of hydrogen-bond acceptors (Lipinski definition) is 3. The molecule has 3 aromatic rings. The minimum atomic E-state index is 0.922. The van der Waals surface area contributed by atoms with Crippen LogP contribution < -0.4 is 0 Å². The summed E-state index contributed by atoms with van der Waals surface area (Å²) in [7, 11) is 0. The maximum Gasteiger partial charge on any atom is 0.102 e. The van der Waals surface area contributed by atoms with Crippen LogP contribution in [0.2, 0.25) is 0 Å². The Hall–Kier alpha value is -2.13. The van der Waals surface area contributed by atoms with Crippen LogP contribution in [-0.2, 0) is 0 Å². The molecular formula is C18H16N2S. The lowest BCUT2D eigenvalue weighted by Crippen LogP contribution is -1.90. The van der Waals surface area contributed by atoms with Gasteiger partial charge in [0.1, 0.15) is 5.69 Å². The predicted molar refractivity (Wildman–Crippen MR) is 89.3 cm³/mol. The zero-order chi connectivity index (χ0) is 14.5. The van der Waals surface area contributed by atoms with Crippen molar-refractivity contribution in [3.8, 4) is 22.5 Å². The first-order valence-electron chi connectivity index (χ1n) is 6.98. The maximum absolute atomic E-state index is 4.59. The smallest absolute Gasteiger partial charge is 0.102 e. The van der Waals surface area contributed by atoms with Crippen LogP contribution in [0.15, 0.2) is 71.9 Å². The van der Waals surface area contributed by atoms with Gasteiger partial charge < -0.3 is 0 Å². The van der Waals surface area contributed by atoms with Gasteiger partial charge in [-0.25, -0.2) is 0 Å². The second kappa shape index (κ2) is 6.55. The Morgan fingerprint density at radius 1 is 0.857 bits per heavy atom. The van der Waals surface area contributed by atoms with Gasteiger partial charge >= 0.3 is 0 Å². The molecule has 2 nitrogen and oxygen atoms in total. The van der Waals surface area contributed by atoms with Crippen LogP contribution in [0, 0.1) is 0 Å². The highest BCUT2D eigenvalue weighted by molar-refractivity contribution is 7.99. The van der Waals surface area contributed by atoms with E-state index in [1.54, 1.807) is 11.8 Å². The fraction of sp³-hybridized carbons (Fsp3) is 0.111. The fourth-order valence-corrected chi connectivity index (χ4v) is 2.97. The van der Waals surface area contributed by atoms with E-state index in [4.69, 9.17) is 0 Å². The van der Waals surface area contributed by atoms with Crippen LogP contribution in [0.4, 0.5) is 0 Å². The van der Waals surface area contributed by atoms with E-state index in [0.717, 1.165) is 22.7 Å². The highest BCUT2D eigenvalue weighted by Gasteiger charge is 2.08. The third kappa shape index (κ3) is 3.14. The summed E-state index contributed by atoms with van der Waals surface area (Å²) in [6, 6.07) is 18.5. The summed E-state index contributed by atoms with van der Waals surface area (Å²) in [5.41, 5.74) is 4.19. The van der Waals surface area contributed by atoms with Crippen molar-refractivity contribution in [2.45, 2.75) is 11.8 Å². The van der Waals surface area contributed by atoms with Gasteiger partial charge in [0.05, 0.1) is 5.69 Å². The summed E-state index contributed by atoms with van der Waals surface area (Å²) in [5, 5.41) is 0. The van der Waals surface area contributed by atoms with E-state index in [9.17, 15) is 0 Å². The first kappa shape index (κ1) is 13.8. The van der Waals surface area contributed by atoms with Gasteiger partial charge in [-0.1, -0.05) is 43.3 Å². The monoisotopic (exact) mass is 292 g/mol. The highest BCUT2D eigenvalue weighted by Crippen LogP contribution is 2.29. The van der Waals surface area contributed by atoms with E-state index >= 15 is 0 Å². The van der Waals surface area contributed by atoms with Gasteiger partial charge in [0, 0.05) is 22.9 Å². The predicted octanol–water partition coefficient (Wildman–Crippen LogP) is 4.92. The molecule has 0 saturated heterocycles. The van der Waals surface area contributed by atoms with Crippen LogP contribution in [0.25, 0.3) is 22.5 Å². The standard InChI is InChI=1S/C18H16N2S/c1-2-21-17-9-6-12-19-18(17)16-11-10-15(13-20-16)14-7-4-3-5-8-14/h3-13H,2H2,1H3. The van der Waals surface area contributed by atoms with E-state index in [2.05, 4.69) is 41.2 Å². The van der Waals surface area contributed by atoms with Crippen molar-refractivity contribution in [3.05, 3.63) is 67.0 Å². The zero-order valence-electron chi connectivity index (χ0n) is 11.9. The quantitative estimate of drug-likeness (QED) is 0.638. The molecule has 0 radical (unpaired) electrons. The Kier molecular flexibility index (Phi) is 4.31. The van der Waals surface area contributed by atoms with Gasteiger partial charge in [0.2, 0.25) is 0 Å². The van der Waals surface area contributed by atoms with Crippen molar-refractivity contribution in [2.24, 2.45) is 0 Å². The van der Waals surface area contributed by atoms with Crippen molar-refractivity contribution in [1.82, 2.24) is 9.97 Å². The summed E-state index contributed by atoms with van der Waals surface area (Å²) in [4.78, 5) is 10.3. The molecule has 21 heavy (non-hydrogen) atoms. The number of hydrogen-bond donors (Lipinski definition) is 0. The van der Waals surface area contributed by atoms with Gasteiger partial charge in [-0.2, -0.15) is 0 Å². The molecule has 0 aliphatic carbocycles. The average Bonchev–Trinajstić information content (AvgIpc) is 2.57. The summed E-state index contributed by atoms with van der Waals surface area (Å²) in [6.07, 6.45) is 3.74. The molecular weight excluding hydrogens is 276 g/mol. The average molecular weight is 292 g/mol. The number of benzene rings is 1. The molecule has 0 N–H and O–H groups in total. The van der Waals surface area contributed by atoms with Gasteiger partial charge in [-0.3, -0.25) is 9.97 Å². The molecule has 2 aromatic heterocycles. The van der Waals surface area contributed by atoms with Gasteiger partial charge in [-0.05, 0) is 29.5 Å². The number of pyridine rings is 2. The van der Waals surface area contributed by atoms with Crippen molar-refractivity contribution in [1.29, 1.82) is 0 Å². The first-order valence-corrected chi connectivity index (χ1v) is 7.96. The molecule has 0 aliphatic heterocycles. The molecule has 0 atom stereocenters. The second-order valence-electron chi connectivity index (χ2n) is 4.58. The summed E-state index contributed by atoms with van der Waals surface area (Å²) >= 11 is 1.79. The first-order chi connectivity index (χ1) is 10.4. The highest BCUT2D eigenvalue weighted by atomic mass is 32.2. The van der Waals surface area contributed by atoms with E-state index in [1.165, 1.54) is 10.5 Å². The van der Waals surface area contributed by atoms with Crippen LogP contribution in [0.5, 0.6) is 0 Å². The van der Waals surface area contributed by atoms with Gasteiger partial charge in [0.25, 0.3) is 0 Å². The Labute approximate surface area is 129 Å². The van der Waals surface area contributed by atoms with Crippen LogP contribution >= 0.6 is 11.8 Å². The summed E-state index contributed by atoms with van der Waals surface area (Å²) in [6.45, 7) is 2.15. The van der Waals surface area contributed by atoms with Crippen LogP contribution in [-0.4, -0.2) is 15.7 Å². The molecule has 0 spiro atoms. The Morgan fingerprint density at radius 2 is 1.71 bits per heavy atom. The molecule has 0 unspecified atom stereocenters. The van der Waals surface area contributed by atoms with E-state index in [1.807, 2.05) is 42.7 Å². The molecule has 1 aromatic carbocycles. The molecule has 0 aliphatic rings. The Bertz CT molecular complexity index is 709. The SMILES string of the molecule is CCSc1cccnc1-c1ccc(-c2ccccc2)cn1. The van der Waals surface area contributed by atoms with E-state index in [0.29, 0.717) is 0 Å². The molecule has 0 saturated carbocycles. The van der Waals surface area contributed by atoms with Crippen molar-refractivity contribution < 1.29 is 0 Å². The van der Waals surface area contributed by atoms with E-state index < -0.39 is 0 Å². The van der Waals surface area contributed by atoms with Crippen molar-refractivity contribution in [3.63, 3.8) is 0 Å².